The van der Waals surface area contributed by atoms with Gasteiger partial charge in [-0.3, -0.25) is 0 Å². The van der Waals surface area contributed by atoms with E-state index in [0.29, 0.717) is 19.1 Å². The van der Waals surface area contributed by atoms with Crippen molar-refractivity contribution in [1.29, 1.82) is 0 Å². The first-order valence-electron chi connectivity index (χ1n) is 8.02. The molecule has 6 nitrogen and oxygen atoms in total. The lowest BCUT2D eigenvalue weighted by Crippen LogP contribution is -2.08. The van der Waals surface area contributed by atoms with Gasteiger partial charge in [-0.25, -0.2) is 4.68 Å². The highest BCUT2D eigenvalue weighted by molar-refractivity contribution is 5.33. The molecule has 0 saturated heterocycles. The summed E-state index contributed by atoms with van der Waals surface area (Å²) in [6.45, 7) is 6.03. The second-order valence-corrected chi connectivity index (χ2v) is 5.53. The Kier molecular flexibility index (Phi) is 5.05. The quantitative estimate of drug-likeness (QED) is 0.723. The highest BCUT2D eigenvalue weighted by Gasteiger charge is 2.04. The van der Waals surface area contributed by atoms with Gasteiger partial charge in [0.1, 0.15) is 12.4 Å². The molecule has 0 spiro atoms. The van der Waals surface area contributed by atoms with Gasteiger partial charge in [0.15, 0.2) is 0 Å². The first-order valence-corrected chi connectivity index (χ1v) is 8.02. The summed E-state index contributed by atoms with van der Waals surface area (Å²) in [5, 5.41) is 14.8. The molecule has 0 fully saturated rings. The molecule has 0 amide bonds. The van der Waals surface area contributed by atoms with Crippen molar-refractivity contribution < 1.29 is 4.74 Å². The molecular weight excluding hydrogens is 302 g/mol. The molecule has 24 heavy (non-hydrogen) atoms. The average Bonchev–Trinajstić information content (AvgIpc) is 3.07. The average molecular weight is 323 g/mol. The number of hydrogen-bond acceptors (Lipinski definition) is 5. The summed E-state index contributed by atoms with van der Waals surface area (Å²) in [7, 11) is 0. The van der Waals surface area contributed by atoms with E-state index in [2.05, 4.69) is 39.9 Å². The fourth-order valence-electron chi connectivity index (χ4n) is 2.40. The minimum atomic E-state index is 0.567. The fraction of sp³-hybridized carbons (Fsp3) is 0.278. The highest BCUT2D eigenvalue weighted by atomic mass is 16.5. The summed E-state index contributed by atoms with van der Waals surface area (Å²) in [5.74, 6) is 1.52. The predicted molar refractivity (Wildman–Crippen MR) is 92.8 cm³/mol. The van der Waals surface area contributed by atoms with E-state index < -0.39 is 0 Å². The maximum Gasteiger partial charge on any atom is 0.243 e. The lowest BCUT2D eigenvalue weighted by Gasteiger charge is -2.10. The van der Waals surface area contributed by atoms with Gasteiger partial charge in [-0.2, -0.15) is 0 Å². The van der Waals surface area contributed by atoms with Crippen LogP contribution < -0.4 is 10.1 Å². The molecule has 0 aliphatic carbocycles. The molecule has 0 saturated carbocycles. The lowest BCUT2D eigenvalue weighted by atomic mass is 10.1. The van der Waals surface area contributed by atoms with Crippen LogP contribution in [0.5, 0.6) is 5.75 Å². The molecule has 3 rings (SSSR count). The number of anilines is 1. The summed E-state index contributed by atoms with van der Waals surface area (Å²) in [4.78, 5) is 0. The van der Waals surface area contributed by atoms with Gasteiger partial charge in [0.2, 0.25) is 5.95 Å². The molecule has 1 N–H and O–H groups in total. The lowest BCUT2D eigenvalue weighted by molar-refractivity contribution is 0.305. The van der Waals surface area contributed by atoms with Gasteiger partial charge in [0, 0.05) is 13.1 Å². The fourth-order valence-corrected chi connectivity index (χ4v) is 2.40. The van der Waals surface area contributed by atoms with E-state index in [1.54, 1.807) is 4.68 Å². The zero-order valence-corrected chi connectivity index (χ0v) is 13.9. The SMILES string of the molecule is CCn1nnnc1NCc1cccc(OCc2ccccc2C)c1. The molecule has 6 heteroatoms. The molecule has 0 aliphatic rings. The third kappa shape index (κ3) is 3.90. The number of nitrogens with zero attached hydrogens (tertiary/aromatic N) is 4. The maximum absolute atomic E-state index is 5.92. The smallest absolute Gasteiger partial charge is 0.243 e. The highest BCUT2D eigenvalue weighted by Crippen LogP contribution is 2.17. The molecule has 0 bridgehead atoms. The molecule has 0 unspecified atom stereocenters. The molecule has 124 valence electrons. The number of aryl methyl sites for hydroxylation is 2. The van der Waals surface area contributed by atoms with E-state index in [1.165, 1.54) is 11.1 Å². The number of benzene rings is 2. The van der Waals surface area contributed by atoms with Crippen molar-refractivity contribution in [3.8, 4) is 5.75 Å². The van der Waals surface area contributed by atoms with Crippen molar-refractivity contribution in [2.45, 2.75) is 33.5 Å². The van der Waals surface area contributed by atoms with Crippen molar-refractivity contribution in [3.63, 3.8) is 0 Å². The Balaban J connectivity index is 1.61. The van der Waals surface area contributed by atoms with Crippen molar-refractivity contribution in [2.75, 3.05) is 5.32 Å². The molecular formula is C18H21N5O. The van der Waals surface area contributed by atoms with E-state index in [4.69, 9.17) is 4.74 Å². The molecule has 0 atom stereocenters. The number of nitrogens with one attached hydrogen (secondary N) is 1. The molecule has 2 aromatic carbocycles. The largest absolute Gasteiger partial charge is 0.489 e. The number of rotatable bonds is 7. The van der Waals surface area contributed by atoms with Gasteiger partial charge in [0.05, 0.1) is 0 Å². The standard InChI is InChI=1S/C18H21N5O/c1-3-23-18(20-21-22-23)19-12-15-8-6-10-17(11-15)24-13-16-9-5-4-7-14(16)2/h4-11H,3,12-13H2,1-2H3,(H,19,20,22). The van der Waals surface area contributed by atoms with Crippen LogP contribution in [0.1, 0.15) is 23.6 Å². The Morgan fingerprint density at radius 3 is 2.83 bits per heavy atom. The minimum absolute atomic E-state index is 0.567. The Labute approximate surface area is 141 Å². The zero-order valence-electron chi connectivity index (χ0n) is 13.9. The number of ether oxygens (including phenoxy) is 1. The number of aromatic nitrogens is 4. The van der Waals surface area contributed by atoms with Crippen LogP contribution >= 0.6 is 0 Å². The van der Waals surface area contributed by atoms with Crippen LogP contribution in [-0.4, -0.2) is 20.2 Å². The Hall–Kier alpha value is -2.89. The van der Waals surface area contributed by atoms with Crippen LogP contribution in [0.15, 0.2) is 48.5 Å². The van der Waals surface area contributed by atoms with E-state index in [-0.39, 0.29) is 0 Å². The Morgan fingerprint density at radius 1 is 1.12 bits per heavy atom. The molecule has 0 aliphatic heterocycles. The molecule has 3 aromatic rings. The van der Waals surface area contributed by atoms with Crippen LogP contribution in [0.4, 0.5) is 5.95 Å². The first kappa shape index (κ1) is 16.0. The van der Waals surface area contributed by atoms with Gasteiger partial charge in [-0.05, 0) is 53.1 Å². The summed E-state index contributed by atoms with van der Waals surface area (Å²) < 4.78 is 7.64. The van der Waals surface area contributed by atoms with E-state index in [9.17, 15) is 0 Å². The van der Waals surface area contributed by atoms with E-state index in [1.807, 2.05) is 43.3 Å². The third-order valence-corrected chi connectivity index (χ3v) is 3.84. The minimum Gasteiger partial charge on any atom is -0.489 e. The second kappa shape index (κ2) is 7.59. The van der Waals surface area contributed by atoms with Crippen molar-refractivity contribution in [3.05, 3.63) is 65.2 Å². The first-order chi connectivity index (χ1) is 11.8. The third-order valence-electron chi connectivity index (χ3n) is 3.84. The van der Waals surface area contributed by atoms with Gasteiger partial charge in [-0.1, -0.05) is 41.5 Å². The molecule has 1 heterocycles. The topological polar surface area (TPSA) is 64.9 Å². The van der Waals surface area contributed by atoms with Crippen LogP contribution in [0.3, 0.4) is 0 Å². The van der Waals surface area contributed by atoms with Gasteiger partial charge in [0.25, 0.3) is 0 Å². The monoisotopic (exact) mass is 323 g/mol. The van der Waals surface area contributed by atoms with E-state index >= 15 is 0 Å². The van der Waals surface area contributed by atoms with Crippen LogP contribution in [0.2, 0.25) is 0 Å². The maximum atomic E-state index is 5.92. The molecule has 1 aromatic heterocycles. The molecule has 0 radical (unpaired) electrons. The summed E-state index contributed by atoms with van der Waals surface area (Å²) in [5.41, 5.74) is 3.55. The van der Waals surface area contributed by atoms with Crippen LogP contribution in [0, 0.1) is 6.92 Å². The number of tetrazole rings is 1. The van der Waals surface area contributed by atoms with Crippen molar-refractivity contribution in [1.82, 2.24) is 20.2 Å². The summed E-state index contributed by atoms with van der Waals surface area (Å²) >= 11 is 0. The number of hydrogen-bond donors (Lipinski definition) is 1. The van der Waals surface area contributed by atoms with Crippen LogP contribution in [0.25, 0.3) is 0 Å². The van der Waals surface area contributed by atoms with Gasteiger partial charge < -0.3 is 10.1 Å². The zero-order chi connectivity index (χ0) is 16.8. The Morgan fingerprint density at radius 2 is 2.00 bits per heavy atom. The summed E-state index contributed by atoms with van der Waals surface area (Å²) in [6, 6.07) is 16.3. The Bertz CT molecular complexity index is 799. The van der Waals surface area contributed by atoms with E-state index in [0.717, 1.165) is 17.9 Å². The van der Waals surface area contributed by atoms with Crippen LogP contribution in [-0.2, 0) is 19.7 Å². The summed E-state index contributed by atoms with van der Waals surface area (Å²) in [6.07, 6.45) is 0. The second-order valence-electron chi connectivity index (χ2n) is 5.53. The van der Waals surface area contributed by atoms with Gasteiger partial charge in [-0.15, -0.1) is 0 Å². The van der Waals surface area contributed by atoms with Gasteiger partial charge >= 0.3 is 0 Å². The normalized spacial score (nSPS) is 10.6. The van der Waals surface area contributed by atoms with Crippen molar-refractivity contribution in [2.24, 2.45) is 0 Å². The van der Waals surface area contributed by atoms with Crippen molar-refractivity contribution >= 4 is 5.95 Å². The predicted octanol–water partition coefficient (Wildman–Crippen LogP) is 3.19.